The molecule has 1 saturated heterocycles. The van der Waals surface area contributed by atoms with Crippen molar-refractivity contribution in [3.8, 4) is 0 Å². The highest BCUT2D eigenvalue weighted by Gasteiger charge is 2.35. The number of nitrogens with one attached hydrogen (secondary N) is 2. The van der Waals surface area contributed by atoms with Crippen LogP contribution in [0.3, 0.4) is 0 Å². The van der Waals surface area contributed by atoms with Crippen molar-refractivity contribution >= 4 is 35.4 Å². The fourth-order valence-corrected chi connectivity index (χ4v) is 4.39. The fraction of sp³-hybridized carbons (Fsp3) is 0.348. The molecule has 0 atom stereocenters. The molecule has 3 aromatic rings. The topological polar surface area (TPSA) is 51.4 Å². The summed E-state index contributed by atoms with van der Waals surface area (Å²) in [5.41, 5.74) is 1.24. The SMILES string of the molecule is O=C(NC1CCN(CCc2c[nH]c3ccccc23)CC1)N(S)c1ccccc1C(F)(F)F. The molecule has 0 saturated carbocycles. The molecule has 1 aromatic heterocycles. The molecule has 0 spiro atoms. The molecule has 2 heterocycles. The summed E-state index contributed by atoms with van der Waals surface area (Å²) in [7, 11) is 0. The Morgan fingerprint density at radius 2 is 1.81 bits per heavy atom. The van der Waals surface area contributed by atoms with E-state index in [-0.39, 0.29) is 11.7 Å². The van der Waals surface area contributed by atoms with Crippen LogP contribution in [0.2, 0.25) is 0 Å². The van der Waals surface area contributed by atoms with Crippen molar-refractivity contribution in [2.75, 3.05) is 23.9 Å². The van der Waals surface area contributed by atoms with Gasteiger partial charge in [0.1, 0.15) is 0 Å². The van der Waals surface area contributed by atoms with E-state index >= 15 is 0 Å². The van der Waals surface area contributed by atoms with Crippen molar-refractivity contribution in [3.05, 3.63) is 65.9 Å². The fourth-order valence-electron chi connectivity index (χ4n) is 4.16. The Hall–Kier alpha value is -2.65. The third-order valence-corrected chi connectivity index (χ3v) is 6.31. The molecule has 32 heavy (non-hydrogen) atoms. The smallest absolute Gasteiger partial charge is 0.361 e. The molecule has 0 aliphatic carbocycles. The molecule has 0 radical (unpaired) electrons. The number of hydrogen-bond acceptors (Lipinski definition) is 3. The summed E-state index contributed by atoms with van der Waals surface area (Å²) in [6.45, 7) is 2.55. The molecule has 2 amide bonds. The minimum Gasteiger partial charge on any atom is -0.361 e. The van der Waals surface area contributed by atoms with E-state index in [1.807, 2.05) is 12.1 Å². The van der Waals surface area contributed by atoms with E-state index in [0.29, 0.717) is 0 Å². The quantitative estimate of drug-likeness (QED) is 0.454. The minimum absolute atomic E-state index is 0.0977. The van der Waals surface area contributed by atoms with Crippen LogP contribution in [0, 0.1) is 0 Å². The lowest BCUT2D eigenvalue weighted by Gasteiger charge is -2.33. The van der Waals surface area contributed by atoms with Gasteiger partial charge in [-0.2, -0.15) is 13.2 Å². The summed E-state index contributed by atoms with van der Waals surface area (Å²) in [6.07, 6.45) is -0.101. The highest BCUT2D eigenvalue weighted by molar-refractivity contribution is 7.82. The summed E-state index contributed by atoms with van der Waals surface area (Å²) < 4.78 is 40.4. The van der Waals surface area contributed by atoms with Crippen molar-refractivity contribution in [3.63, 3.8) is 0 Å². The summed E-state index contributed by atoms with van der Waals surface area (Å²) >= 11 is 4.04. The maximum absolute atomic E-state index is 13.2. The van der Waals surface area contributed by atoms with Crippen LogP contribution in [-0.4, -0.2) is 41.6 Å². The number of H-pyrrole nitrogens is 1. The molecule has 0 unspecified atom stereocenters. The number of para-hydroxylation sites is 2. The Labute approximate surface area is 190 Å². The van der Waals surface area contributed by atoms with Crippen LogP contribution in [-0.2, 0) is 12.6 Å². The van der Waals surface area contributed by atoms with Gasteiger partial charge in [0.15, 0.2) is 0 Å². The summed E-state index contributed by atoms with van der Waals surface area (Å²) in [5, 5.41) is 4.06. The number of carbonyl (C=O) groups is 1. The second-order valence-electron chi connectivity index (χ2n) is 8.00. The highest BCUT2D eigenvalue weighted by atomic mass is 32.1. The van der Waals surface area contributed by atoms with Crippen molar-refractivity contribution in [1.82, 2.24) is 15.2 Å². The number of nitrogens with zero attached hydrogens (tertiary/aromatic N) is 2. The lowest BCUT2D eigenvalue weighted by atomic mass is 10.0. The van der Waals surface area contributed by atoms with Crippen LogP contribution in [0.5, 0.6) is 0 Å². The van der Waals surface area contributed by atoms with E-state index in [4.69, 9.17) is 0 Å². The minimum atomic E-state index is -4.56. The Morgan fingerprint density at radius 3 is 2.56 bits per heavy atom. The number of aromatic amines is 1. The Bertz CT molecular complexity index is 1080. The number of alkyl halides is 3. The molecule has 1 aliphatic heterocycles. The summed E-state index contributed by atoms with van der Waals surface area (Å²) in [6, 6.07) is 12.4. The van der Waals surface area contributed by atoms with Crippen LogP contribution in [0.1, 0.15) is 24.0 Å². The third-order valence-electron chi connectivity index (χ3n) is 5.92. The van der Waals surface area contributed by atoms with E-state index in [2.05, 4.69) is 46.3 Å². The number of thiol groups is 1. The number of aromatic nitrogens is 1. The number of rotatable bonds is 5. The molecule has 1 fully saturated rings. The number of benzene rings is 2. The second-order valence-corrected chi connectivity index (χ2v) is 8.40. The van der Waals surface area contributed by atoms with E-state index in [1.54, 1.807) is 0 Å². The molecule has 2 aromatic carbocycles. The highest BCUT2D eigenvalue weighted by Crippen LogP contribution is 2.37. The lowest BCUT2D eigenvalue weighted by Crippen LogP contribution is -2.47. The number of likely N-dealkylation sites (tertiary alicyclic amines) is 1. The van der Waals surface area contributed by atoms with Crippen LogP contribution >= 0.6 is 12.8 Å². The standard InChI is InChI=1S/C23H25F3N4OS/c24-23(25,26)19-6-2-4-8-21(19)30(32)22(31)28-17-10-13-29(14-11-17)12-9-16-15-27-20-7-3-1-5-18(16)20/h1-8,15,17,27,32H,9-14H2,(H,28,31). The van der Waals surface area contributed by atoms with Gasteiger partial charge in [0, 0.05) is 42.8 Å². The predicted molar refractivity (Wildman–Crippen MR) is 123 cm³/mol. The van der Waals surface area contributed by atoms with Crippen molar-refractivity contribution in [1.29, 1.82) is 0 Å². The average Bonchev–Trinajstić information content (AvgIpc) is 3.20. The van der Waals surface area contributed by atoms with Gasteiger partial charge in [-0.1, -0.05) is 43.1 Å². The lowest BCUT2D eigenvalue weighted by molar-refractivity contribution is -0.137. The van der Waals surface area contributed by atoms with Gasteiger partial charge in [-0.15, -0.1) is 0 Å². The molecule has 170 valence electrons. The zero-order valence-electron chi connectivity index (χ0n) is 17.4. The zero-order valence-corrected chi connectivity index (χ0v) is 18.3. The first-order chi connectivity index (χ1) is 15.3. The van der Waals surface area contributed by atoms with E-state index in [9.17, 15) is 18.0 Å². The Morgan fingerprint density at radius 1 is 1.12 bits per heavy atom. The van der Waals surface area contributed by atoms with E-state index < -0.39 is 17.8 Å². The van der Waals surface area contributed by atoms with Crippen LogP contribution in [0.15, 0.2) is 54.7 Å². The molecule has 5 nitrogen and oxygen atoms in total. The van der Waals surface area contributed by atoms with Crippen LogP contribution in [0.4, 0.5) is 23.7 Å². The first-order valence-electron chi connectivity index (χ1n) is 10.6. The number of fused-ring (bicyclic) bond motifs is 1. The van der Waals surface area contributed by atoms with Gasteiger partial charge in [-0.25, -0.2) is 9.10 Å². The number of hydrogen-bond donors (Lipinski definition) is 3. The van der Waals surface area contributed by atoms with Gasteiger partial charge in [0.2, 0.25) is 0 Å². The van der Waals surface area contributed by atoms with Crippen molar-refractivity contribution in [2.45, 2.75) is 31.5 Å². The molecule has 9 heteroatoms. The molecule has 4 rings (SSSR count). The zero-order chi connectivity index (χ0) is 22.7. The predicted octanol–water partition coefficient (Wildman–Crippen LogP) is 5.25. The second kappa shape index (κ2) is 9.46. The molecule has 1 aliphatic rings. The Balaban J connectivity index is 1.28. The first kappa shape index (κ1) is 22.5. The summed E-state index contributed by atoms with van der Waals surface area (Å²) in [5.74, 6) is 0. The van der Waals surface area contributed by atoms with Gasteiger partial charge >= 0.3 is 12.2 Å². The summed E-state index contributed by atoms with van der Waals surface area (Å²) in [4.78, 5) is 18.2. The average molecular weight is 463 g/mol. The Kier molecular flexibility index (Phi) is 6.66. The monoisotopic (exact) mass is 462 g/mol. The normalized spacial score (nSPS) is 15.8. The van der Waals surface area contributed by atoms with Crippen LogP contribution < -0.4 is 9.62 Å². The van der Waals surface area contributed by atoms with Gasteiger partial charge in [0.05, 0.1) is 11.3 Å². The van der Waals surface area contributed by atoms with E-state index in [0.717, 1.165) is 54.8 Å². The molecular weight excluding hydrogens is 437 g/mol. The number of amides is 2. The molecule has 2 N–H and O–H groups in total. The first-order valence-corrected chi connectivity index (χ1v) is 11.0. The number of halogens is 3. The third kappa shape index (κ3) is 5.05. The number of piperidine rings is 1. The molecular formula is C23H25F3N4OS. The number of anilines is 1. The van der Waals surface area contributed by atoms with E-state index in [1.165, 1.54) is 29.1 Å². The van der Waals surface area contributed by atoms with Gasteiger partial charge in [-0.05, 0) is 43.0 Å². The van der Waals surface area contributed by atoms with Gasteiger partial charge in [-0.3, -0.25) is 0 Å². The van der Waals surface area contributed by atoms with Gasteiger partial charge < -0.3 is 15.2 Å². The van der Waals surface area contributed by atoms with Crippen molar-refractivity contribution in [2.24, 2.45) is 0 Å². The maximum atomic E-state index is 13.2. The van der Waals surface area contributed by atoms with Gasteiger partial charge in [0.25, 0.3) is 0 Å². The number of carbonyl (C=O) groups excluding carboxylic acids is 1. The van der Waals surface area contributed by atoms with Crippen LogP contribution in [0.25, 0.3) is 10.9 Å². The van der Waals surface area contributed by atoms with Crippen molar-refractivity contribution < 1.29 is 18.0 Å². The molecule has 0 bridgehead atoms. The number of urea groups is 1. The largest absolute Gasteiger partial charge is 0.418 e. The maximum Gasteiger partial charge on any atom is 0.418 e.